The molecule has 2 amide bonds. The van der Waals surface area contributed by atoms with Crippen molar-refractivity contribution in [3.63, 3.8) is 0 Å². The fourth-order valence-corrected chi connectivity index (χ4v) is 3.18. The molecule has 0 aliphatic rings. The number of carbonyl (C=O) groups is 3. The summed E-state index contributed by atoms with van der Waals surface area (Å²) in [4.78, 5) is 36.3. The standard InChI is InChI=1S/C22H20ClN3O4/c1-15-20(21(23)26(25-15)13-17-10-6-3-7-11-17)22(29)30-14-19(28)24-18(27)12-16-8-4-2-5-9-16/h2-11H,12-14H2,1H3,(H,24,27,28). The summed E-state index contributed by atoms with van der Waals surface area (Å²) in [5.74, 6) is -1.97. The maximum atomic E-state index is 12.4. The van der Waals surface area contributed by atoms with Crippen LogP contribution in [0.5, 0.6) is 0 Å². The molecule has 1 aromatic heterocycles. The highest BCUT2D eigenvalue weighted by molar-refractivity contribution is 6.32. The molecule has 3 rings (SSSR count). The molecule has 1 heterocycles. The molecule has 3 aromatic rings. The van der Waals surface area contributed by atoms with E-state index in [1.165, 1.54) is 4.68 Å². The van der Waals surface area contributed by atoms with Crippen LogP contribution < -0.4 is 5.32 Å². The molecule has 0 radical (unpaired) electrons. The molecule has 2 aromatic carbocycles. The molecule has 154 valence electrons. The lowest BCUT2D eigenvalue weighted by molar-refractivity contribution is -0.132. The van der Waals surface area contributed by atoms with Crippen molar-refractivity contribution < 1.29 is 19.1 Å². The number of hydrogen-bond donors (Lipinski definition) is 1. The van der Waals surface area contributed by atoms with Gasteiger partial charge in [0.25, 0.3) is 5.91 Å². The third kappa shape index (κ3) is 5.55. The molecule has 0 bridgehead atoms. The van der Waals surface area contributed by atoms with Crippen molar-refractivity contribution in [3.8, 4) is 0 Å². The highest BCUT2D eigenvalue weighted by Crippen LogP contribution is 2.21. The average Bonchev–Trinajstić information content (AvgIpc) is 3.00. The Morgan fingerprint density at radius 3 is 2.20 bits per heavy atom. The lowest BCUT2D eigenvalue weighted by Gasteiger charge is -2.06. The topological polar surface area (TPSA) is 90.3 Å². The Morgan fingerprint density at radius 1 is 0.967 bits per heavy atom. The summed E-state index contributed by atoms with van der Waals surface area (Å²) in [6, 6.07) is 18.5. The predicted molar refractivity (Wildman–Crippen MR) is 111 cm³/mol. The highest BCUT2D eigenvalue weighted by atomic mass is 35.5. The largest absolute Gasteiger partial charge is 0.452 e. The normalized spacial score (nSPS) is 10.5. The molecular formula is C22H20ClN3O4. The van der Waals surface area contributed by atoms with E-state index in [0.29, 0.717) is 12.2 Å². The first-order valence-electron chi connectivity index (χ1n) is 9.24. The van der Waals surface area contributed by atoms with E-state index in [9.17, 15) is 14.4 Å². The van der Waals surface area contributed by atoms with Gasteiger partial charge in [-0.2, -0.15) is 5.10 Å². The maximum absolute atomic E-state index is 12.4. The summed E-state index contributed by atoms with van der Waals surface area (Å²) in [5, 5.41) is 6.60. The highest BCUT2D eigenvalue weighted by Gasteiger charge is 2.23. The van der Waals surface area contributed by atoms with Crippen molar-refractivity contribution in [2.75, 3.05) is 6.61 Å². The van der Waals surface area contributed by atoms with Crippen LogP contribution in [0.3, 0.4) is 0 Å². The number of rotatable bonds is 7. The summed E-state index contributed by atoms with van der Waals surface area (Å²) >= 11 is 6.31. The van der Waals surface area contributed by atoms with Crippen molar-refractivity contribution >= 4 is 29.4 Å². The van der Waals surface area contributed by atoms with Gasteiger partial charge < -0.3 is 4.74 Å². The third-order valence-electron chi connectivity index (χ3n) is 4.27. The number of carbonyl (C=O) groups excluding carboxylic acids is 3. The molecule has 0 saturated carbocycles. The summed E-state index contributed by atoms with van der Waals surface area (Å²) in [5.41, 5.74) is 2.23. The van der Waals surface area contributed by atoms with Crippen molar-refractivity contribution in [1.29, 1.82) is 0 Å². The molecule has 30 heavy (non-hydrogen) atoms. The number of imide groups is 1. The van der Waals surface area contributed by atoms with Crippen LogP contribution >= 0.6 is 11.6 Å². The van der Waals surface area contributed by atoms with Crippen LogP contribution in [0.15, 0.2) is 60.7 Å². The van der Waals surface area contributed by atoms with Crippen LogP contribution in [0, 0.1) is 6.92 Å². The summed E-state index contributed by atoms with van der Waals surface area (Å²) in [6.45, 7) is 1.43. The molecule has 7 nitrogen and oxygen atoms in total. The SMILES string of the molecule is Cc1nn(Cc2ccccc2)c(Cl)c1C(=O)OCC(=O)NC(=O)Cc1ccccc1. The van der Waals surface area contributed by atoms with Gasteiger partial charge in [-0.05, 0) is 18.1 Å². The van der Waals surface area contributed by atoms with Crippen LogP contribution in [-0.4, -0.2) is 34.2 Å². The number of amides is 2. The minimum Gasteiger partial charge on any atom is -0.452 e. The Labute approximate surface area is 178 Å². The number of nitrogens with one attached hydrogen (secondary N) is 1. The minimum absolute atomic E-state index is 0.0533. The van der Waals surface area contributed by atoms with Gasteiger partial charge in [0.2, 0.25) is 5.91 Å². The number of ether oxygens (including phenoxy) is 1. The van der Waals surface area contributed by atoms with Gasteiger partial charge in [-0.1, -0.05) is 72.3 Å². The van der Waals surface area contributed by atoms with E-state index < -0.39 is 24.4 Å². The monoisotopic (exact) mass is 425 g/mol. The van der Waals surface area contributed by atoms with E-state index in [1.54, 1.807) is 31.2 Å². The Bertz CT molecular complexity index is 1050. The Morgan fingerprint density at radius 2 is 1.57 bits per heavy atom. The first-order valence-corrected chi connectivity index (χ1v) is 9.62. The summed E-state index contributed by atoms with van der Waals surface area (Å²) < 4.78 is 6.52. The van der Waals surface area contributed by atoms with Gasteiger partial charge in [-0.15, -0.1) is 0 Å². The maximum Gasteiger partial charge on any atom is 0.343 e. The molecule has 0 atom stereocenters. The lowest BCUT2D eigenvalue weighted by Crippen LogP contribution is -2.35. The molecule has 0 saturated heterocycles. The van der Waals surface area contributed by atoms with Gasteiger partial charge in [0.05, 0.1) is 18.7 Å². The minimum atomic E-state index is -0.775. The van der Waals surface area contributed by atoms with Gasteiger partial charge in [0.1, 0.15) is 10.7 Å². The van der Waals surface area contributed by atoms with Gasteiger partial charge in [-0.3, -0.25) is 14.9 Å². The fraction of sp³-hybridized carbons (Fsp3) is 0.182. The summed E-state index contributed by atoms with van der Waals surface area (Å²) in [7, 11) is 0. The first-order chi connectivity index (χ1) is 14.4. The number of esters is 1. The molecule has 1 N–H and O–H groups in total. The van der Waals surface area contributed by atoms with Crippen LogP contribution in [0.2, 0.25) is 5.15 Å². The zero-order chi connectivity index (χ0) is 21.5. The van der Waals surface area contributed by atoms with Crippen LogP contribution in [0.4, 0.5) is 0 Å². The fourth-order valence-electron chi connectivity index (χ4n) is 2.87. The van der Waals surface area contributed by atoms with Crippen LogP contribution in [0.1, 0.15) is 27.2 Å². The van der Waals surface area contributed by atoms with Gasteiger partial charge >= 0.3 is 5.97 Å². The van der Waals surface area contributed by atoms with E-state index in [0.717, 1.165) is 11.1 Å². The number of aryl methyl sites for hydroxylation is 1. The lowest BCUT2D eigenvalue weighted by atomic mass is 10.1. The number of benzene rings is 2. The van der Waals surface area contributed by atoms with Crippen molar-refractivity contribution in [2.45, 2.75) is 19.9 Å². The van der Waals surface area contributed by atoms with Crippen molar-refractivity contribution in [1.82, 2.24) is 15.1 Å². The number of aromatic nitrogens is 2. The molecule has 0 aliphatic carbocycles. The Balaban J connectivity index is 1.55. The second-order valence-electron chi connectivity index (χ2n) is 6.60. The van der Waals surface area contributed by atoms with Gasteiger partial charge in [-0.25, -0.2) is 9.48 Å². The molecule has 0 aliphatic heterocycles. The van der Waals surface area contributed by atoms with E-state index >= 15 is 0 Å². The molecule has 0 fully saturated rings. The Hall–Kier alpha value is -3.45. The van der Waals surface area contributed by atoms with Gasteiger partial charge in [0, 0.05) is 0 Å². The molecule has 0 spiro atoms. The molecular weight excluding hydrogens is 406 g/mol. The number of hydrogen-bond acceptors (Lipinski definition) is 5. The average molecular weight is 426 g/mol. The quantitative estimate of drug-likeness (QED) is 0.588. The van der Waals surface area contributed by atoms with Gasteiger partial charge in [0.15, 0.2) is 6.61 Å². The van der Waals surface area contributed by atoms with E-state index in [2.05, 4.69) is 10.4 Å². The molecule has 0 unspecified atom stereocenters. The predicted octanol–water partition coefficient (Wildman–Crippen LogP) is 2.94. The van der Waals surface area contributed by atoms with E-state index in [4.69, 9.17) is 16.3 Å². The first kappa shape index (κ1) is 21.3. The van der Waals surface area contributed by atoms with Crippen LogP contribution in [0.25, 0.3) is 0 Å². The second kappa shape index (κ2) is 9.84. The third-order valence-corrected chi connectivity index (χ3v) is 4.65. The number of nitrogens with zero attached hydrogens (tertiary/aromatic N) is 2. The second-order valence-corrected chi connectivity index (χ2v) is 6.96. The van der Waals surface area contributed by atoms with Crippen molar-refractivity contribution in [3.05, 3.63) is 88.2 Å². The zero-order valence-electron chi connectivity index (χ0n) is 16.3. The smallest absolute Gasteiger partial charge is 0.343 e. The van der Waals surface area contributed by atoms with Crippen LogP contribution in [-0.2, 0) is 27.3 Å². The molecule has 8 heteroatoms. The number of halogens is 1. The zero-order valence-corrected chi connectivity index (χ0v) is 17.1. The van der Waals surface area contributed by atoms with E-state index in [-0.39, 0.29) is 17.1 Å². The van der Waals surface area contributed by atoms with Crippen molar-refractivity contribution in [2.24, 2.45) is 0 Å². The summed E-state index contributed by atoms with van der Waals surface area (Å²) in [6.07, 6.45) is 0.0533. The van der Waals surface area contributed by atoms with E-state index in [1.807, 2.05) is 36.4 Å². The Kier molecular flexibility index (Phi) is 6.98.